The molecule has 0 radical (unpaired) electrons. The van der Waals surface area contributed by atoms with Crippen molar-refractivity contribution in [3.63, 3.8) is 0 Å². The molecule has 0 spiro atoms. The van der Waals surface area contributed by atoms with Gasteiger partial charge in [-0.15, -0.1) is 0 Å². The van der Waals surface area contributed by atoms with E-state index in [0.29, 0.717) is 18.0 Å². The first-order valence-electron chi connectivity index (χ1n) is 8.18. The summed E-state index contributed by atoms with van der Waals surface area (Å²) in [7, 11) is -3.57. The summed E-state index contributed by atoms with van der Waals surface area (Å²) in [5, 5.41) is 4.52. The molecule has 0 aromatic heterocycles. The summed E-state index contributed by atoms with van der Waals surface area (Å²) in [6, 6.07) is 16.6. The second kappa shape index (κ2) is 10.1. The zero-order chi connectivity index (χ0) is 18.8. The van der Waals surface area contributed by atoms with Crippen LogP contribution in [-0.2, 0) is 21.2 Å². The van der Waals surface area contributed by atoms with Gasteiger partial charge in [0.1, 0.15) is 0 Å². The molecule has 0 saturated carbocycles. The van der Waals surface area contributed by atoms with Crippen LogP contribution in [0.15, 0.2) is 60.0 Å². The van der Waals surface area contributed by atoms with E-state index in [0.717, 1.165) is 16.5 Å². The Hall–Kier alpha value is -2.15. The molecule has 7 heteroatoms. The molecule has 2 aromatic rings. The maximum absolute atomic E-state index is 11.9. The third kappa shape index (κ3) is 7.82. The van der Waals surface area contributed by atoms with Gasteiger partial charge in [0.25, 0.3) is 0 Å². The van der Waals surface area contributed by atoms with Crippen LogP contribution in [0.2, 0.25) is 5.02 Å². The van der Waals surface area contributed by atoms with Crippen LogP contribution in [0.5, 0.6) is 0 Å². The molecule has 0 aliphatic rings. The van der Waals surface area contributed by atoms with E-state index in [1.807, 2.05) is 36.4 Å². The Morgan fingerprint density at radius 1 is 1.04 bits per heavy atom. The Morgan fingerprint density at radius 2 is 1.81 bits per heavy atom. The highest BCUT2D eigenvalue weighted by Gasteiger charge is 2.07. The molecule has 1 amide bonds. The fourth-order valence-electron chi connectivity index (χ4n) is 2.21. The van der Waals surface area contributed by atoms with Gasteiger partial charge in [-0.3, -0.25) is 4.79 Å². The van der Waals surface area contributed by atoms with E-state index in [1.165, 1.54) is 6.08 Å². The van der Waals surface area contributed by atoms with Crippen LogP contribution in [-0.4, -0.2) is 27.4 Å². The Labute approximate surface area is 159 Å². The fraction of sp³-hybridized carbons (Fsp3) is 0.211. The summed E-state index contributed by atoms with van der Waals surface area (Å²) in [6.07, 6.45) is 2.25. The van der Waals surface area contributed by atoms with Crippen molar-refractivity contribution in [3.05, 3.63) is 76.2 Å². The van der Waals surface area contributed by atoms with E-state index < -0.39 is 10.0 Å². The van der Waals surface area contributed by atoms with Gasteiger partial charge >= 0.3 is 0 Å². The van der Waals surface area contributed by atoms with E-state index >= 15 is 0 Å². The van der Waals surface area contributed by atoms with Crippen LogP contribution in [0.25, 0.3) is 6.08 Å². The normalized spacial score (nSPS) is 11.6. The van der Waals surface area contributed by atoms with Gasteiger partial charge in [-0.05, 0) is 35.8 Å². The second-order valence-electron chi connectivity index (χ2n) is 5.63. The Kier molecular flexibility index (Phi) is 7.84. The summed E-state index contributed by atoms with van der Waals surface area (Å²) in [5.74, 6) is -0.207. The average molecular weight is 393 g/mol. The lowest BCUT2D eigenvalue weighted by molar-refractivity contribution is -0.120. The summed E-state index contributed by atoms with van der Waals surface area (Å²) >= 11 is 5.90. The topological polar surface area (TPSA) is 75.3 Å². The van der Waals surface area contributed by atoms with Crippen molar-refractivity contribution in [1.29, 1.82) is 0 Å². The molecule has 0 bridgehead atoms. The fourth-order valence-corrected chi connectivity index (χ4v) is 3.25. The SMILES string of the molecule is O=C(CCNS(=O)(=O)/C=C/c1ccccc1)NCCc1cccc(Cl)c1. The molecule has 5 nitrogen and oxygen atoms in total. The predicted octanol–water partition coefficient (Wildman–Crippen LogP) is 2.98. The number of sulfonamides is 1. The highest BCUT2D eigenvalue weighted by atomic mass is 35.5. The largest absolute Gasteiger partial charge is 0.356 e. The predicted molar refractivity (Wildman–Crippen MR) is 105 cm³/mol. The van der Waals surface area contributed by atoms with Crippen molar-refractivity contribution in [2.24, 2.45) is 0 Å². The lowest BCUT2D eigenvalue weighted by atomic mass is 10.1. The third-order valence-corrected chi connectivity index (χ3v) is 4.86. The summed E-state index contributed by atoms with van der Waals surface area (Å²) in [6.45, 7) is 0.518. The van der Waals surface area contributed by atoms with Gasteiger partial charge in [-0.2, -0.15) is 0 Å². The number of carbonyl (C=O) groups is 1. The maximum atomic E-state index is 11.9. The smallest absolute Gasteiger partial charge is 0.233 e. The minimum atomic E-state index is -3.57. The minimum absolute atomic E-state index is 0.0461. The van der Waals surface area contributed by atoms with Crippen LogP contribution in [0.4, 0.5) is 0 Å². The molecule has 2 N–H and O–H groups in total. The molecular weight excluding hydrogens is 372 g/mol. The maximum Gasteiger partial charge on any atom is 0.233 e. The van der Waals surface area contributed by atoms with Crippen LogP contribution >= 0.6 is 11.6 Å². The van der Waals surface area contributed by atoms with Crippen molar-refractivity contribution < 1.29 is 13.2 Å². The lowest BCUT2D eigenvalue weighted by Gasteiger charge is -2.06. The van der Waals surface area contributed by atoms with E-state index in [1.54, 1.807) is 18.2 Å². The number of amides is 1. The molecule has 26 heavy (non-hydrogen) atoms. The standard InChI is InChI=1S/C19H21ClN2O3S/c20-18-8-4-7-17(15-18)9-12-21-19(23)10-13-22-26(24,25)14-11-16-5-2-1-3-6-16/h1-8,11,14-15,22H,9-10,12-13H2,(H,21,23)/b14-11+. The molecule has 0 aliphatic carbocycles. The van der Waals surface area contributed by atoms with E-state index in [2.05, 4.69) is 10.0 Å². The van der Waals surface area contributed by atoms with Crippen molar-refractivity contribution in [2.75, 3.05) is 13.1 Å². The van der Waals surface area contributed by atoms with Gasteiger partial charge in [0.05, 0.1) is 0 Å². The number of nitrogens with one attached hydrogen (secondary N) is 2. The van der Waals surface area contributed by atoms with Crippen molar-refractivity contribution >= 4 is 33.6 Å². The van der Waals surface area contributed by atoms with E-state index in [9.17, 15) is 13.2 Å². The Morgan fingerprint density at radius 3 is 2.54 bits per heavy atom. The first kappa shape index (κ1) is 20.2. The van der Waals surface area contributed by atoms with Gasteiger partial charge in [-0.25, -0.2) is 13.1 Å². The molecular formula is C19H21ClN2O3S. The summed E-state index contributed by atoms with van der Waals surface area (Å²) in [4.78, 5) is 11.8. The molecule has 0 saturated heterocycles. The average Bonchev–Trinajstić information content (AvgIpc) is 2.61. The Bertz CT molecular complexity index is 852. The molecule has 0 heterocycles. The second-order valence-corrected chi connectivity index (χ2v) is 7.72. The summed E-state index contributed by atoms with van der Waals surface area (Å²) in [5.41, 5.74) is 1.82. The molecule has 0 atom stereocenters. The molecule has 138 valence electrons. The number of carbonyl (C=O) groups excluding carboxylic acids is 1. The van der Waals surface area contributed by atoms with Crippen LogP contribution < -0.4 is 10.0 Å². The zero-order valence-electron chi connectivity index (χ0n) is 14.2. The Balaban J connectivity index is 1.68. The van der Waals surface area contributed by atoms with Crippen molar-refractivity contribution in [1.82, 2.24) is 10.0 Å². The summed E-state index contributed by atoms with van der Waals surface area (Å²) < 4.78 is 26.1. The molecule has 0 unspecified atom stereocenters. The number of halogens is 1. The minimum Gasteiger partial charge on any atom is -0.356 e. The van der Waals surface area contributed by atoms with Crippen molar-refractivity contribution in [2.45, 2.75) is 12.8 Å². The van der Waals surface area contributed by atoms with Crippen LogP contribution in [0, 0.1) is 0 Å². The number of hydrogen-bond acceptors (Lipinski definition) is 3. The monoisotopic (exact) mass is 392 g/mol. The van der Waals surface area contributed by atoms with Gasteiger partial charge in [-0.1, -0.05) is 54.1 Å². The first-order chi connectivity index (χ1) is 12.4. The van der Waals surface area contributed by atoms with Gasteiger partial charge in [0, 0.05) is 29.9 Å². The van der Waals surface area contributed by atoms with Crippen LogP contribution in [0.1, 0.15) is 17.5 Å². The quantitative estimate of drug-likeness (QED) is 0.688. The highest BCUT2D eigenvalue weighted by molar-refractivity contribution is 7.92. The highest BCUT2D eigenvalue weighted by Crippen LogP contribution is 2.10. The first-order valence-corrected chi connectivity index (χ1v) is 10.1. The number of rotatable bonds is 9. The van der Waals surface area contributed by atoms with Crippen LogP contribution in [0.3, 0.4) is 0 Å². The third-order valence-electron chi connectivity index (χ3n) is 3.52. The number of hydrogen-bond donors (Lipinski definition) is 2. The number of benzene rings is 2. The van der Waals surface area contributed by atoms with Crippen molar-refractivity contribution in [3.8, 4) is 0 Å². The van der Waals surface area contributed by atoms with Gasteiger partial charge in [0.15, 0.2) is 0 Å². The van der Waals surface area contributed by atoms with Gasteiger partial charge < -0.3 is 5.32 Å². The molecule has 0 aliphatic heterocycles. The van der Waals surface area contributed by atoms with E-state index in [4.69, 9.17) is 11.6 Å². The molecule has 0 fully saturated rings. The van der Waals surface area contributed by atoms with Gasteiger partial charge in [0.2, 0.25) is 15.9 Å². The lowest BCUT2D eigenvalue weighted by Crippen LogP contribution is -2.30. The molecule has 2 rings (SSSR count). The van der Waals surface area contributed by atoms with E-state index in [-0.39, 0.29) is 18.9 Å². The molecule has 2 aromatic carbocycles. The zero-order valence-corrected chi connectivity index (χ0v) is 15.8.